The molecule has 0 aliphatic carbocycles. The third-order valence-electron chi connectivity index (χ3n) is 6.20. The summed E-state index contributed by atoms with van der Waals surface area (Å²) in [6.07, 6.45) is 5.34. The third kappa shape index (κ3) is 3.30. The van der Waals surface area contributed by atoms with Gasteiger partial charge in [-0.3, -0.25) is 19.5 Å². The van der Waals surface area contributed by atoms with Crippen LogP contribution in [0.2, 0.25) is 0 Å². The van der Waals surface area contributed by atoms with Gasteiger partial charge in [0.2, 0.25) is 5.91 Å². The molecule has 1 saturated heterocycles. The first kappa shape index (κ1) is 19.5. The molecular weight excluding hydrogens is 368 g/mol. The van der Waals surface area contributed by atoms with Gasteiger partial charge in [0, 0.05) is 42.6 Å². The van der Waals surface area contributed by atoms with Crippen molar-refractivity contribution in [3.05, 3.63) is 69.9 Å². The van der Waals surface area contributed by atoms with Crippen molar-refractivity contribution in [1.82, 2.24) is 19.8 Å². The van der Waals surface area contributed by atoms with Gasteiger partial charge in [-0.05, 0) is 38.2 Å². The lowest BCUT2D eigenvalue weighted by atomic mass is 9.86. The van der Waals surface area contributed by atoms with Crippen LogP contribution in [0.25, 0.3) is 6.08 Å². The molecule has 4 atom stereocenters. The van der Waals surface area contributed by atoms with Gasteiger partial charge in [0.25, 0.3) is 5.56 Å². The molecule has 7 nitrogen and oxygen atoms in total. The number of rotatable bonds is 5. The predicted molar refractivity (Wildman–Crippen MR) is 110 cm³/mol. The lowest BCUT2D eigenvalue weighted by Crippen LogP contribution is -2.44. The standard InChI is InChI=1S/C22H26N4O3/c1-3-6-14-8-9-17-20-19(21(28)24-11-15-7-4-5-10-23-15)16(13-27)18(25(20)2)12-26(17)22(14)29/h3-10,16,18-20,27H,11-13H2,1-2H3,(H,24,28)/b6-3-/t16-,18-,19+,20+/m1/s1. The van der Waals surface area contributed by atoms with Gasteiger partial charge in [0.05, 0.1) is 24.2 Å². The molecule has 1 amide bonds. The van der Waals surface area contributed by atoms with E-state index in [0.717, 1.165) is 11.4 Å². The number of carbonyl (C=O) groups is 1. The Morgan fingerprint density at radius 3 is 2.86 bits per heavy atom. The Hall–Kier alpha value is -2.77. The van der Waals surface area contributed by atoms with Crippen LogP contribution in [0.4, 0.5) is 0 Å². The van der Waals surface area contributed by atoms with E-state index in [1.165, 1.54) is 0 Å². The molecule has 7 heteroatoms. The Labute approximate surface area is 169 Å². The zero-order valence-electron chi connectivity index (χ0n) is 16.7. The maximum Gasteiger partial charge on any atom is 0.258 e. The van der Waals surface area contributed by atoms with Crippen molar-refractivity contribution in [2.75, 3.05) is 13.7 Å². The number of allylic oxidation sites excluding steroid dienone is 1. The number of aliphatic hydroxyl groups excluding tert-OH is 1. The predicted octanol–water partition coefficient (Wildman–Crippen LogP) is 1.19. The summed E-state index contributed by atoms with van der Waals surface area (Å²) in [5.74, 6) is -0.787. The van der Waals surface area contributed by atoms with E-state index in [2.05, 4.69) is 15.2 Å². The minimum absolute atomic E-state index is 0.0464. The van der Waals surface area contributed by atoms with Crippen LogP contribution in [-0.2, 0) is 17.9 Å². The lowest BCUT2D eigenvalue weighted by molar-refractivity contribution is -0.127. The number of carbonyl (C=O) groups excluding carboxylic acids is 1. The fraction of sp³-hybridized carbons (Fsp3) is 0.409. The largest absolute Gasteiger partial charge is 0.396 e. The Bertz CT molecular complexity index is 985. The highest BCUT2D eigenvalue weighted by molar-refractivity contribution is 5.80. The molecule has 0 unspecified atom stereocenters. The van der Waals surface area contributed by atoms with E-state index in [1.54, 1.807) is 16.8 Å². The smallest absolute Gasteiger partial charge is 0.258 e. The maximum absolute atomic E-state index is 13.2. The molecule has 1 fully saturated rings. The van der Waals surface area contributed by atoms with Crippen molar-refractivity contribution in [2.24, 2.45) is 11.8 Å². The van der Waals surface area contributed by atoms with E-state index < -0.39 is 5.92 Å². The fourth-order valence-electron chi connectivity index (χ4n) is 4.81. The van der Waals surface area contributed by atoms with Crippen LogP contribution in [0.5, 0.6) is 0 Å². The topological polar surface area (TPSA) is 87.5 Å². The Morgan fingerprint density at radius 1 is 1.34 bits per heavy atom. The number of hydrogen-bond donors (Lipinski definition) is 2. The van der Waals surface area contributed by atoms with Crippen molar-refractivity contribution in [3.8, 4) is 0 Å². The number of aliphatic hydroxyl groups is 1. The van der Waals surface area contributed by atoms with Gasteiger partial charge < -0.3 is 15.0 Å². The molecule has 4 rings (SSSR count). The molecule has 2 aliphatic heterocycles. The molecule has 152 valence electrons. The average Bonchev–Trinajstić information content (AvgIpc) is 2.91. The second kappa shape index (κ2) is 7.93. The van der Waals surface area contributed by atoms with Crippen molar-refractivity contribution < 1.29 is 9.90 Å². The number of pyridine rings is 2. The molecule has 0 spiro atoms. The minimum Gasteiger partial charge on any atom is -0.396 e. The molecule has 2 N–H and O–H groups in total. The van der Waals surface area contributed by atoms with Gasteiger partial charge in [-0.15, -0.1) is 0 Å². The van der Waals surface area contributed by atoms with Crippen LogP contribution >= 0.6 is 0 Å². The summed E-state index contributed by atoms with van der Waals surface area (Å²) >= 11 is 0. The summed E-state index contributed by atoms with van der Waals surface area (Å²) in [7, 11) is 1.97. The number of nitrogens with zero attached hydrogens (tertiary/aromatic N) is 3. The third-order valence-corrected chi connectivity index (χ3v) is 6.20. The molecule has 0 aromatic carbocycles. The molecule has 4 heterocycles. The SMILES string of the molecule is C/C=C\c1ccc2n(c1=O)C[C@@H]1[C@@H](CO)[C@H](C(=O)NCc3ccccn3)[C@H]2N1C. The summed E-state index contributed by atoms with van der Waals surface area (Å²) in [5.41, 5.74) is 2.20. The first-order valence-electron chi connectivity index (χ1n) is 9.93. The number of likely N-dealkylation sites (N-methyl/N-ethyl adjacent to an activating group) is 1. The van der Waals surface area contributed by atoms with Gasteiger partial charge in [0.1, 0.15) is 0 Å². The van der Waals surface area contributed by atoms with E-state index in [1.807, 2.05) is 50.4 Å². The number of nitrogens with one attached hydrogen (secondary N) is 1. The first-order chi connectivity index (χ1) is 14.1. The summed E-state index contributed by atoms with van der Waals surface area (Å²) < 4.78 is 1.78. The maximum atomic E-state index is 13.2. The van der Waals surface area contributed by atoms with Crippen LogP contribution in [0.1, 0.15) is 29.9 Å². The van der Waals surface area contributed by atoms with E-state index in [4.69, 9.17) is 0 Å². The van der Waals surface area contributed by atoms with Crippen LogP contribution in [0.15, 0.2) is 47.4 Å². The van der Waals surface area contributed by atoms with Crippen LogP contribution < -0.4 is 10.9 Å². The highest BCUT2D eigenvalue weighted by Crippen LogP contribution is 2.47. The molecule has 2 aromatic heterocycles. The molecule has 29 heavy (non-hydrogen) atoms. The fourth-order valence-corrected chi connectivity index (χ4v) is 4.81. The van der Waals surface area contributed by atoms with Gasteiger partial charge in [-0.25, -0.2) is 0 Å². The van der Waals surface area contributed by atoms with Crippen LogP contribution in [0, 0.1) is 11.8 Å². The van der Waals surface area contributed by atoms with Gasteiger partial charge in [-0.2, -0.15) is 0 Å². The zero-order chi connectivity index (χ0) is 20.5. The number of hydrogen-bond acceptors (Lipinski definition) is 5. The first-order valence-corrected chi connectivity index (χ1v) is 9.93. The van der Waals surface area contributed by atoms with Crippen molar-refractivity contribution in [1.29, 1.82) is 0 Å². The quantitative estimate of drug-likeness (QED) is 0.795. The highest BCUT2D eigenvalue weighted by atomic mass is 16.3. The van der Waals surface area contributed by atoms with Gasteiger partial charge in [-0.1, -0.05) is 18.2 Å². The molecular formula is C22H26N4O3. The second-order valence-electron chi connectivity index (χ2n) is 7.72. The minimum atomic E-state index is -0.431. The summed E-state index contributed by atoms with van der Waals surface area (Å²) in [6.45, 7) is 2.59. The van der Waals surface area contributed by atoms with E-state index >= 15 is 0 Å². The monoisotopic (exact) mass is 394 g/mol. The zero-order valence-corrected chi connectivity index (χ0v) is 16.7. The van der Waals surface area contributed by atoms with Gasteiger partial charge >= 0.3 is 0 Å². The molecule has 0 radical (unpaired) electrons. The number of aromatic nitrogens is 2. The van der Waals surface area contributed by atoms with Crippen LogP contribution in [-0.4, -0.2) is 45.2 Å². The molecule has 2 aromatic rings. The normalized spacial score (nSPS) is 25.9. The Balaban J connectivity index is 1.67. The van der Waals surface area contributed by atoms with Gasteiger partial charge in [0.15, 0.2) is 0 Å². The second-order valence-corrected chi connectivity index (χ2v) is 7.72. The number of amides is 1. The van der Waals surface area contributed by atoms with E-state index in [9.17, 15) is 14.7 Å². The summed E-state index contributed by atoms with van der Waals surface area (Å²) in [6, 6.07) is 9.01. The van der Waals surface area contributed by atoms with Crippen molar-refractivity contribution in [3.63, 3.8) is 0 Å². The Morgan fingerprint density at radius 2 is 2.17 bits per heavy atom. The molecule has 2 bridgehead atoms. The summed E-state index contributed by atoms with van der Waals surface area (Å²) in [5, 5.41) is 13.1. The Kier molecular flexibility index (Phi) is 5.34. The number of fused-ring (bicyclic) bond motifs is 4. The van der Waals surface area contributed by atoms with E-state index in [0.29, 0.717) is 18.7 Å². The highest BCUT2D eigenvalue weighted by Gasteiger charge is 2.54. The summed E-state index contributed by atoms with van der Waals surface area (Å²) in [4.78, 5) is 32.5. The molecule has 0 saturated carbocycles. The van der Waals surface area contributed by atoms with E-state index in [-0.39, 0.29) is 36.1 Å². The lowest BCUT2D eigenvalue weighted by Gasteiger charge is -2.35. The van der Waals surface area contributed by atoms with Crippen molar-refractivity contribution >= 4 is 12.0 Å². The average molecular weight is 394 g/mol. The van der Waals surface area contributed by atoms with Crippen molar-refractivity contribution in [2.45, 2.75) is 32.1 Å². The van der Waals surface area contributed by atoms with Crippen LogP contribution in [0.3, 0.4) is 0 Å². The molecule has 2 aliphatic rings.